The van der Waals surface area contributed by atoms with Crippen LogP contribution in [0, 0.1) is 0 Å². The highest BCUT2D eigenvalue weighted by atomic mass is 32.1. The Morgan fingerprint density at radius 3 is 3.29 bits per heavy atom. The molecule has 0 aliphatic carbocycles. The van der Waals surface area contributed by atoms with Crippen molar-refractivity contribution in [1.29, 1.82) is 0 Å². The fraction of sp³-hybridized carbons (Fsp3) is 0.455. The van der Waals surface area contributed by atoms with E-state index in [-0.39, 0.29) is 0 Å². The Kier molecular flexibility index (Phi) is 2.82. The summed E-state index contributed by atoms with van der Waals surface area (Å²) in [5.74, 6) is 1.71. The number of nitrogens with one attached hydrogen (secondary N) is 1. The summed E-state index contributed by atoms with van der Waals surface area (Å²) in [5.41, 5.74) is 5.54. The number of thiophene rings is 1. The molecule has 0 radical (unpaired) electrons. The maximum Gasteiger partial charge on any atom is 0.222 e. The minimum Gasteiger partial charge on any atom is -0.354 e. The zero-order valence-electron chi connectivity index (χ0n) is 9.47. The maximum atomic E-state index is 5.54. The standard InChI is InChI=1S/C11H15N5S/c12-5-3-10-14-11-13-6-4-8(16(11)15-10)9-2-1-7-17-9/h1-2,7-8H,3-6,12H2,(H,13,14,15). The minimum absolute atomic E-state index is 0.324. The molecule has 0 amide bonds. The Morgan fingerprint density at radius 2 is 2.53 bits per heavy atom. The summed E-state index contributed by atoms with van der Waals surface area (Å²) in [6.45, 7) is 1.54. The van der Waals surface area contributed by atoms with Crippen LogP contribution in [0.4, 0.5) is 5.95 Å². The summed E-state index contributed by atoms with van der Waals surface area (Å²) in [5, 5.41) is 9.94. The molecule has 2 aromatic rings. The van der Waals surface area contributed by atoms with Crippen molar-refractivity contribution < 1.29 is 0 Å². The van der Waals surface area contributed by atoms with E-state index in [1.165, 1.54) is 4.88 Å². The van der Waals surface area contributed by atoms with Crippen LogP contribution in [-0.2, 0) is 6.42 Å². The van der Waals surface area contributed by atoms with Gasteiger partial charge in [-0.05, 0) is 24.4 Å². The zero-order valence-corrected chi connectivity index (χ0v) is 10.3. The Balaban J connectivity index is 1.96. The topological polar surface area (TPSA) is 68.8 Å². The third kappa shape index (κ3) is 1.94. The van der Waals surface area contributed by atoms with Crippen molar-refractivity contribution in [3.8, 4) is 0 Å². The number of nitrogens with zero attached hydrogens (tertiary/aromatic N) is 3. The molecule has 1 unspecified atom stereocenters. The molecular formula is C11H15N5S. The van der Waals surface area contributed by atoms with Gasteiger partial charge in [0.15, 0.2) is 5.82 Å². The molecule has 0 fully saturated rings. The van der Waals surface area contributed by atoms with E-state index >= 15 is 0 Å². The zero-order chi connectivity index (χ0) is 11.7. The van der Waals surface area contributed by atoms with Crippen molar-refractivity contribution in [2.75, 3.05) is 18.4 Å². The first-order valence-corrected chi connectivity index (χ1v) is 6.69. The van der Waals surface area contributed by atoms with Crippen molar-refractivity contribution in [3.05, 3.63) is 28.2 Å². The third-order valence-corrected chi connectivity index (χ3v) is 3.88. The average molecular weight is 249 g/mol. The van der Waals surface area contributed by atoms with Crippen LogP contribution >= 0.6 is 11.3 Å². The Labute approximate surface area is 104 Å². The normalized spacial score (nSPS) is 18.8. The number of aromatic nitrogens is 3. The van der Waals surface area contributed by atoms with Crippen molar-refractivity contribution >= 4 is 17.3 Å². The summed E-state index contributed by atoms with van der Waals surface area (Å²) in [7, 11) is 0. The van der Waals surface area contributed by atoms with Gasteiger partial charge < -0.3 is 11.1 Å². The molecule has 0 bridgehead atoms. The van der Waals surface area contributed by atoms with E-state index in [1.807, 2.05) is 4.68 Å². The van der Waals surface area contributed by atoms with Crippen molar-refractivity contribution in [2.45, 2.75) is 18.9 Å². The van der Waals surface area contributed by atoms with Gasteiger partial charge in [-0.25, -0.2) is 4.68 Å². The van der Waals surface area contributed by atoms with E-state index in [2.05, 4.69) is 32.9 Å². The van der Waals surface area contributed by atoms with Gasteiger partial charge >= 0.3 is 0 Å². The highest BCUT2D eigenvalue weighted by molar-refractivity contribution is 7.10. The molecule has 1 atom stereocenters. The maximum absolute atomic E-state index is 5.54. The highest BCUT2D eigenvalue weighted by Gasteiger charge is 2.24. The molecule has 0 aromatic carbocycles. The monoisotopic (exact) mass is 249 g/mol. The SMILES string of the molecule is NCCc1nc2n(n1)C(c1cccs1)CCN2. The van der Waals surface area contributed by atoms with Crippen LogP contribution in [0.25, 0.3) is 0 Å². The largest absolute Gasteiger partial charge is 0.354 e. The lowest BCUT2D eigenvalue weighted by molar-refractivity contribution is 0.483. The van der Waals surface area contributed by atoms with Crippen molar-refractivity contribution in [1.82, 2.24) is 14.8 Å². The second-order valence-corrected chi connectivity index (χ2v) is 5.06. The molecule has 6 heteroatoms. The summed E-state index contributed by atoms with van der Waals surface area (Å²) in [6, 6.07) is 4.57. The Bertz CT molecular complexity index is 490. The smallest absolute Gasteiger partial charge is 0.222 e. The Hall–Kier alpha value is -1.40. The molecule has 1 aliphatic rings. The van der Waals surface area contributed by atoms with E-state index in [9.17, 15) is 0 Å². The first-order valence-electron chi connectivity index (χ1n) is 5.81. The number of rotatable bonds is 3. The lowest BCUT2D eigenvalue weighted by Gasteiger charge is -2.23. The predicted octanol–water partition coefficient (Wildman–Crippen LogP) is 1.25. The number of hydrogen-bond donors (Lipinski definition) is 2. The van der Waals surface area contributed by atoms with Gasteiger partial charge in [0.05, 0.1) is 6.04 Å². The predicted molar refractivity (Wildman–Crippen MR) is 68.3 cm³/mol. The molecule has 3 heterocycles. The molecule has 90 valence electrons. The third-order valence-electron chi connectivity index (χ3n) is 2.91. The highest BCUT2D eigenvalue weighted by Crippen LogP contribution is 2.30. The second kappa shape index (κ2) is 4.46. The lowest BCUT2D eigenvalue weighted by Crippen LogP contribution is -2.24. The molecule has 3 rings (SSSR count). The first-order chi connectivity index (χ1) is 8.38. The van der Waals surface area contributed by atoms with Gasteiger partial charge in [-0.2, -0.15) is 10.1 Å². The van der Waals surface area contributed by atoms with Crippen molar-refractivity contribution in [2.24, 2.45) is 5.73 Å². The van der Waals surface area contributed by atoms with E-state index in [1.54, 1.807) is 11.3 Å². The van der Waals surface area contributed by atoms with Crippen LogP contribution in [-0.4, -0.2) is 27.9 Å². The van der Waals surface area contributed by atoms with Crippen LogP contribution in [0.15, 0.2) is 17.5 Å². The van der Waals surface area contributed by atoms with E-state index in [0.29, 0.717) is 12.6 Å². The Morgan fingerprint density at radius 1 is 1.59 bits per heavy atom. The summed E-state index contributed by atoms with van der Waals surface area (Å²) in [6.07, 6.45) is 1.79. The van der Waals surface area contributed by atoms with Gasteiger partial charge in [0.1, 0.15) is 0 Å². The van der Waals surface area contributed by atoms with Gasteiger partial charge in [-0.1, -0.05) is 6.07 Å². The van der Waals surface area contributed by atoms with Crippen LogP contribution < -0.4 is 11.1 Å². The van der Waals surface area contributed by atoms with Gasteiger partial charge in [-0.3, -0.25) is 0 Å². The average Bonchev–Trinajstić information content (AvgIpc) is 2.97. The van der Waals surface area contributed by atoms with Crippen molar-refractivity contribution in [3.63, 3.8) is 0 Å². The van der Waals surface area contributed by atoms with Gasteiger partial charge in [-0.15, -0.1) is 11.3 Å². The lowest BCUT2D eigenvalue weighted by atomic mass is 10.1. The van der Waals surface area contributed by atoms with Crippen LogP contribution in [0.3, 0.4) is 0 Å². The van der Waals surface area contributed by atoms with Gasteiger partial charge in [0.25, 0.3) is 0 Å². The first kappa shape index (κ1) is 10.7. The number of anilines is 1. The summed E-state index contributed by atoms with van der Waals surface area (Å²) in [4.78, 5) is 5.81. The fourth-order valence-electron chi connectivity index (χ4n) is 2.13. The minimum atomic E-state index is 0.324. The number of nitrogens with two attached hydrogens (primary N) is 1. The molecule has 17 heavy (non-hydrogen) atoms. The fourth-order valence-corrected chi connectivity index (χ4v) is 2.97. The van der Waals surface area contributed by atoms with Gasteiger partial charge in [0.2, 0.25) is 5.95 Å². The molecule has 1 aliphatic heterocycles. The molecular weight excluding hydrogens is 234 g/mol. The van der Waals surface area contributed by atoms with E-state index in [4.69, 9.17) is 5.73 Å². The quantitative estimate of drug-likeness (QED) is 0.859. The molecule has 0 saturated heterocycles. The number of hydrogen-bond acceptors (Lipinski definition) is 5. The van der Waals surface area contributed by atoms with E-state index in [0.717, 1.165) is 31.2 Å². The molecule has 0 spiro atoms. The second-order valence-electron chi connectivity index (χ2n) is 4.08. The van der Waals surface area contributed by atoms with Gasteiger partial charge in [0, 0.05) is 17.8 Å². The van der Waals surface area contributed by atoms with Crippen LogP contribution in [0.5, 0.6) is 0 Å². The summed E-state index contributed by atoms with van der Waals surface area (Å²) < 4.78 is 2.00. The molecule has 3 N–H and O–H groups in total. The molecule has 0 saturated carbocycles. The molecule has 2 aromatic heterocycles. The van der Waals surface area contributed by atoms with Crippen LogP contribution in [0.2, 0.25) is 0 Å². The van der Waals surface area contributed by atoms with Crippen LogP contribution in [0.1, 0.15) is 23.2 Å². The molecule has 5 nitrogen and oxygen atoms in total. The summed E-state index contributed by atoms with van der Waals surface area (Å²) >= 11 is 1.77. The van der Waals surface area contributed by atoms with E-state index < -0.39 is 0 Å². The number of fused-ring (bicyclic) bond motifs is 1.